The average Bonchev–Trinajstić information content (AvgIpc) is 1.55. The molecule has 11 heterocycles. The van der Waals surface area contributed by atoms with E-state index in [-0.39, 0.29) is 89.7 Å². The molecule has 11 saturated heterocycles. The molecule has 0 unspecified atom stereocenters. The molecule has 11 aliphatic heterocycles. The molecule has 0 radical (unpaired) electrons. The van der Waals surface area contributed by atoms with Crippen LogP contribution in [-0.4, -0.2) is 328 Å². The Bertz CT molecular complexity index is 3570. The molecule has 620 valence electrons. The molecule has 11 fully saturated rings. The molecule has 13 rings (SSSR count). The molecule has 39 heteroatoms. The van der Waals surface area contributed by atoms with Crippen LogP contribution in [0.1, 0.15) is 106 Å². The van der Waals surface area contributed by atoms with Gasteiger partial charge in [-0.25, -0.2) is 9.59 Å². The highest BCUT2D eigenvalue weighted by molar-refractivity contribution is 6.39. The predicted molar refractivity (Wildman–Crippen MR) is 365 cm³/mol. The second-order valence-electron chi connectivity index (χ2n) is 30.4. The minimum atomic E-state index is -2.24. The standard InChI is InChI=1S/C71H101Cl2NO36/c1-25-16-32(75)17-33(76)41(25)61(82)99-37-23-93-71(60-53(37)91-24-92-60)107-38-22-90-63(47(80)52(38)108-71)105-64-55(88-14)46(79)51(36(100-64)21-85-11)103-66-68(9,84)59(50(86-12)28(4)97-66)104-65-56(81)69(10)58(31(7)96-65)109-70(110-69)19-34(77)48(29(5)106-70)101-39-18-35(98-40-20-67(8,74)57(89-15)30(6)95-40)49(27(3)94-39)102-62(83)42-26(2)43(72)45(78)44(73)54(42)87-13/h16-17,27-31,34-40,46-53,55-60,63-66,75-81,84H,18-24,74H2,1-15H3/t27-,28-,29-,30+,31-,34-,35-,36-,37-,38+,39+,40+,46+,47-,48-,49-,50+,51-,52-,53+,55+,56-,57+,58-,59+,60-,63+,64+,65+,66+,67+,68-,69-,70-,71-/m1/s1. The largest absolute Gasteiger partial charge is 0.508 e. The summed E-state index contributed by atoms with van der Waals surface area (Å²) in [6.45, 7) is 14.9. The Balaban J connectivity index is 0.648. The lowest BCUT2D eigenvalue weighted by atomic mass is 9.85. The first kappa shape index (κ1) is 83.9. The van der Waals surface area contributed by atoms with Crippen LogP contribution in [0.4, 0.5) is 0 Å². The molecule has 11 aliphatic rings. The Kier molecular flexibility index (Phi) is 24.8. The van der Waals surface area contributed by atoms with Crippen molar-refractivity contribution in [1.82, 2.24) is 0 Å². The molecule has 10 N–H and O–H groups in total. The number of halogens is 2. The van der Waals surface area contributed by atoms with E-state index in [0.29, 0.717) is 0 Å². The number of aryl methyl sites for hydroxylation is 1. The fourth-order valence-corrected chi connectivity index (χ4v) is 17.6. The quantitative estimate of drug-likeness (QED) is 0.0844. The first-order chi connectivity index (χ1) is 52.0. The highest BCUT2D eigenvalue weighted by Gasteiger charge is 2.71. The van der Waals surface area contributed by atoms with E-state index in [1.165, 1.54) is 62.4 Å². The molecule has 0 aliphatic carbocycles. The monoisotopic (exact) mass is 1610 g/mol. The highest BCUT2D eigenvalue weighted by atomic mass is 35.5. The van der Waals surface area contributed by atoms with Gasteiger partial charge < -0.3 is 170 Å². The maximum atomic E-state index is 14.3. The van der Waals surface area contributed by atoms with Gasteiger partial charge in [-0.1, -0.05) is 23.2 Å². The first-order valence-electron chi connectivity index (χ1n) is 36.4. The Morgan fingerprint density at radius 3 is 2.00 bits per heavy atom. The number of phenols is 3. The van der Waals surface area contributed by atoms with E-state index in [1.807, 2.05) is 6.92 Å². The average molecular weight is 1620 g/mol. The lowest BCUT2D eigenvalue weighted by Gasteiger charge is -2.53. The maximum absolute atomic E-state index is 14.3. The summed E-state index contributed by atoms with van der Waals surface area (Å²) >= 11 is 12.8. The van der Waals surface area contributed by atoms with Crippen LogP contribution < -0.4 is 10.5 Å². The zero-order valence-corrected chi connectivity index (χ0v) is 64.8. The number of carbonyl (C=O) groups is 2. The van der Waals surface area contributed by atoms with Gasteiger partial charge in [0.2, 0.25) is 0 Å². The number of rotatable bonds is 20. The van der Waals surface area contributed by atoms with Crippen LogP contribution in [0.2, 0.25) is 10.0 Å². The maximum Gasteiger partial charge on any atom is 0.342 e. The third kappa shape index (κ3) is 15.4. The van der Waals surface area contributed by atoms with Crippen molar-refractivity contribution in [2.75, 3.05) is 62.2 Å². The van der Waals surface area contributed by atoms with E-state index in [4.69, 9.17) is 152 Å². The molecular weight excluding hydrogens is 1510 g/mol. The Morgan fingerprint density at radius 1 is 0.618 bits per heavy atom. The van der Waals surface area contributed by atoms with E-state index < -0.39 is 236 Å². The van der Waals surface area contributed by atoms with Gasteiger partial charge in [-0.15, -0.1) is 0 Å². The number of ether oxygens (including phenoxy) is 26. The normalized spacial score (nSPS) is 46.7. The van der Waals surface area contributed by atoms with Crippen LogP contribution in [-0.2, 0) is 118 Å². The van der Waals surface area contributed by atoms with Crippen LogP contribution >= 0.6 is 23.2 Å². The van der Waals surface area contributed by atoms with Crippen molar-refractivity contribution in [1.29, 1.82) is 0 Å². The molecule has 0 amide bonds. The lowest BCUT2D eigenvalue weighted by Crippen LogP contribution is -2.71. The van der Waals surface area contributed by atoms with E-state index in [2.05, 4.69) is 0 Å². The number of phenolic OH excluding ortho intramolecular Hbond substituents is 3. The minimum absolute atomic E-state index is 0.109. The van der Waals surface area contributed by atoms with Gasteiger partial charge in [0.15, 0.2) is 67.6 Å². The molecule has 37 nitrogen and oxygen atoms in total. The van der Waals surface area contributed by atoms with Crippen molar-refractivity contribution in [3.05, 3.63) is 44.4 Å². The fraction of sp³-hybridized carbons (Fsp3) is 0.803. The van der Waals surface area contributed by atoms with Gasteiger partial charge in [-0.05, 0) is 86.4 Å². The zero-order chi connectivity index (χ0) is 79.5. The van der Waals surface area contributed by atoms with Crippen LogP contribution in [0.15, 0.2) is 12.1 Å². The third-order valence-electron chi connectivity index (χ3n) is 22.5. The van der Waals surface area contributed by atoms with Gasteiger partial charge in [0.05, 0.1) is 75.0 Å². The van der Waals surface area contributed by atoms with Gasteiger partial charge in [-0.3, -0.25) is 0 Å². The predicted octanol–water partition coefficient (Wildman–Crippen LogP) is 1.33. The number of esters is 2. The van der Waals surface area contributed by atoms with E-state index in [0.717, 1.165) is 6.07 Å². The summed E-state index contributed by atoms with van der Waals surface area (Å²) in [6, 6.07) is 2.29. The van der Waals surface area contributed by atoms with Crippen LogP contribution in [0.25, 0.3) is 0 Å². The Morgan fingerprint density at radius 2 is 1.33 bits per heavy atom. The molecule has 0 bridgehead atoms. The van der Waals surface area contributed by atoms with Crippen molar-refractivity contribution < 1.29 is 174 Å². The Hall–Kier alpha value is -4.00. The summed E-state index contributed by atoms with van der Waals surface area (Å²) < 4.78 is 161. The minimum Gasteiger partial charge on any atom is -0.508 e. The van der Waals surface area contributed by atoms with Gasteiger partial charge in [-0.2, -0.15) is 0 Å². The number of aliphatic hydroxyl groups excluding tert-OH is 4. The van der Waals surface area contributed by atoms with Gasteiger partial charge in [0.1, 0.15) is 137 Å². The zero-order valence-electron chi connectivity index (χ0n) is 63.3. The number of carbonyl (C=O) groups excluding carboxylic acids is 2. The van der Waals surface area contributed by atoms with Crippen LogP contribution in [0.5, 0.6) is 23.0 Å². The second-order valence-corrected chi connectivity index (χ2v) is 31.2. The molecule has 2 aromatic rings. The summed E-state index contributed by atoms with van der Waals surface area (Å²) in [7, 11) is 6.80. The molecular formula is C71H101Cl2NO36. The number of benzene rings is 2. The van der Waals surface area contributed by atoms with E-state index >= 15 is 0 Å². The summed E-state index contributed by atoms with van der Waals surface area (Å²) in [5.41, 5.74) is 1.93. The number of fused-ring (bicyclic) bond motifs is 4. The number of aliphatic hydroxyl groups is 5. The fourth-order valence-electron chi connectivity index (χ4n) is 17.1. The summed E-state index contributed by atoms with van der Waals surface area (Å²) in [6.07, 6.45) is -36.6. The van der Waals surface area contributed by atoms with Crippen molar-refractivity contribution in [2.45, 2.75) is 301 Å². The number of hydrogen-bond acceptors (Lipinski definition) is 37. The van der Waals surface area contributed by atoms with Crippen LogP contribution in [0.3, 0.4) is 0 Å². The van der Waals surface area contributed by atoms with Crippen molar-refractivity contribution in [3.63, 3.8) is 0 Å². The number of hydrogen-bond donors (Lipinski definition) is 9. The van der Waals surface area contributed by atoms with Crippen molar-refractivity contribution in [2.24, 2.45) is 5.73 Å². The number of nitrogens with two attached hydrogens (primary N) is 1. The van der Waals surface area contributed by atoms with Gasteiger partial charge in [0, 0.05) is 52.9 Å². The number of aromatic hydroxyl groups is 3. The molecule has 0 saturated carbocycles. The van der Waals surface area contributed by atoms with Crippen molar-refractivity contribution >= 4 is 35.1 Å². The lowest BCUT2D eigenvalue weighted by molar-refractivity contribution is -0.416. The van der Waals surface area contributed by atoms with Crippen molar-refractivity contribution in [3.8, 4) is 23.0 Å². The Labute approximate surface area is 643 Å². The number of methoxy groups -OCH3 is 5. The molecule has 35 atom stereocenters. The van der Waals surface area contributed by atoms with E-state index in [1.54, 1.807) is 41.5 Å². The second kappa shape index (κ2) is 32.5. The molecule has 2 aromatic carbocycles. The highest BCUT2D eigenvalue weighted by Crippen LogP contribution is 2.53. The van der Waals surface area contributed by atoms with Gasteiger partial charge >= 0.3 is 17.9 Å². The third-order valence-corrected chi connectivity index (χ3v) is 23.3. The summed E-state index contributed by atoms with van der Waals surface area (Å²) in [5.74, 6) is -7.30. The summed E-state index contributed by atoms with van der Waals surface area (Å²) in [5, 5.41) is 92.3. The first-order valence-corrected chi connectivity index (χ1v) is 37.2. The smallest absolute Gasteiger partial charge is 0.342 e. The SMILES string of the molecule is COC[C@H]1O[C@@H](O[C@@H]2OC[C@@H]3O[C@@]4(OC[C@@H](OC(=O)c5c(C)cc(O)cc5O)[C@@H]5OCO[C@H]54)O[C@H]3[C@H]2O)[C@@H](OC)[C@@H](O)[C@@H]1O[C@@H]1O[C@H](C)[C@H](OC)[C@H](O[C@@H]2O[C@H](C)[C@H]3O[C@]4(C[C@@H](O)[C@H](O[C@H]5C[C@@H](O[C@H]6C[C@](C)(N)[C@@H](OC)[C@H](C)O6)[C@H](OC(=O)c6c(C)c(Cl)c(O)c(Cl)c6OC)[C@@H](C)O5)[C@@H](C)O4)O[C@]3(C)[C@@H]2O)[C@@]1(C)O. The molecule has 0 aromatic heterocycles. The topological polar surface area (TPSA) is 462 Å². The molecule has 2 spiro atoms. The van der Waals surface area contributed by atoms with E-state index in [9.17, 15) is 50.4 Å². The van der Waals surface area contributed by atoms with Crippen LogP contribution in [0, 0.1) is 13.8 Å². The molecule has 110 heavy (non-hydrogen) atoms. The summed E-state index contributed by atoms with van der Waals surface area (Å²) in [4.78, 5) is 27.6. The van der Waals surface area contributed by atoms with Gasteiger partial charge in [0.25, 0.3) is 5.97 Å².